The number of amides is 2. The van der Waals surface area contributed by atoms with Gasteiger partial charge in [-0.25, -0.2) is 9.59 Å². The molecule has 35 heavy (non-hydrogen) atoms. The molecule has 3 fully saturated rings. The van der Waals surface area contributed by atoms with Gasteiger partial charge in [0.2, 0.25) is 5.91 Å². The Morgan fingerprint density at radius 1 is 0.914 bits per heavy atom. The molecule has 2 aromatic carbocycles. The summed E-state index contributed by atoms with van der Waals surface area (Å²) in [5, 5.41) is 23.9. The maximum Gasteiger partial charge on any atom is 0.407 e. The average Bonchev–Trinajstić information content (AvgIpc) is 3.20. The van der Waals surface area contributed by atoms with Crippen LogP contribution in [0.15, 0.2) is 48.5 Å². The lowest BCUT2D eigenvalue weighted by atomic mass is 9.57. The maximum atomic E-state index is 12.8. The molecule has 2 aromatic rings. The summed E-state index contributed by atoms with van der Waals surface area (Å²) in [6.45, 7) is -0.398. The van der Waals surface area contributed by atoms with Crippen LogP contribution in [0.4, 0.5) is 4.79 Å². The number of fused-ring (bicyclic) bond motifs is 6. The first kappa shape index (κ1) is 23.4. The Morgan fingerprint density at radius 3 is 1.97 bits per heavy atom. The van der Waals surface area contributed by atoms with E-state index in [4.69, 9.17) is 9.84 Å². The predicted molar refractivity (Wildman–Crippen MR) is 128 cm³/mol. The zero-order valence-electron chi connectivity index (χ0n) is 19.5. The van der Waals surface area contributed by atoms with E-state index in [0.717, 1.165) is 11.1 Å². The highest BCUT2D eigenvalue weighted by Gasteiger charge is 2.53. The van der Waals surface area contributed by atoms with Crippen LogP contribution in [0.1, 0.15) is 55.6 Å². The van der Waals surface area contributed by atoms with Crippen molar-refractivity contribution in [2.24, 2.45) is 5.41 Å². The van der Waals surface area contributed by atoms with Gasteiger partial charge in [0, 0.05) is 16.9 Å². The Bertz CT molecular complexity index is 1090. The third kappa shape index (κ3) is 4.16. The number of carboxylic acid groups (broad SMARTS) is 1. The van der Waals surface area contributed by atoms with E-state index < -0.39 is 35.7 Å². The molecule has 4 aliphatic rings. The average molecular weight is 479 g/mol. The molecule has 184 valence electrons. The molecule has 0 heterocycles. The van der Waals surface area contributed by atoms with Gasteiger partial charge in [-0.05, 0) is 60.8 Å². The number of ether oxygens (including phenoxy) is 1. The van der Waals surface area contributed by atoms with Crippen LogP contribution >= 0.6 is 0 Å². The fourth-order valence-electron chi connectivity index (χ4n) is 6.06. The summed E-state index contributed by atoms with van der Waals surface area (Å²) >= 11 is 0. The number of hydrogen-bond donors (Lipinski definition) is 4. The summed E-state index contributed by atoms with van der Waals surface area (Å²) in [6, 6.07) is 15.1. The van der Waals surface area contributed by atoms with Crippen LogP contribution in [0, 0.1) is 5.41 Å². The fraction of sp³-hybridized carbons (Fsp3) is 0.444. The molecule has 0 aromatic heterocycles. The van der Waals surface area contributed by atoms with Crippen molar-refractivity contribution in [3.05, 3.63) is 59.7 Å². The molecule has 3 saturated carbocycles. The van der Waals surface area contributed by atoms with Crippen LogP contribution in [0.2, 0.25) is 0 Å². The van der Waals surface area contributed by atoms with Crippen LogP contribution < -0.4 is 10.6 Å². The molecule has 4 aliphatic carbocycles. The summed E-state index contributed by atoms with van der Waals surface area (Å²) in [7, 11) is 0. The van der Waals surface area contributed by atoms with Gasteiger partial charge in [-0.15, -0.1) is 0 Å². The number of carbonyl (C=O) groups is 3. The Morgan fingerprint density at radius 2 is 1.46 bits per heavy atom. The van der Waals surface area contributed by atoms with Crippen LogP contribution in [0.5, 0.6) is 0 Å². The molecule has 6 rings (SSSR count). The predicted octanol–water partition coefficient (Wildman–Crippen LogP) is 3.18. The second-order valence-corrected chi connectivity index (χ2v) is 10.1. The van der Waals surface area contributed by atoms with Gasteiger partial charge in [-0.2, -0.15) is 0 Å². The van der Waals surface area contributed by atoms with Crippen molar-refractivity contribution in [1.82, 2.24) is 10.6 Å². The molecule has 1 atom stereocenters. The number of aliphatic hydroxyl groups is 1. The van der Waals surface area contributed by atoms with E-state index in [-0.39, 0.29) is 18.4 Å². The maximum absolute atomic E-state index is 12.8. The number of aliphatic hydroxyl groups excluding tert-OH is 1. The number of carboxylic acids is 1. The van der Waals surface area contributed by atoms with Gasteiger partial charge in [0.25, 0.3) is 0 Å². The first-order valence-corrected chi connectivity index (χ1v) is 12.1. The Kier molecular flexibility index (Phi) is 6.01. The van der Waals surface area contributed by atoms with Crippen LogP contribution in [-0.4, -0.2) is 53.0 Å². The summed E-state index contributed by atoms with van der Waals surface area (Å²) < 4.78 is 5.73. The molecular formula is C27H30N2O6. The standard InChI is InChI=1S/C27H30N2O6/c30-15-22(23(31)32)28-24(33)26-9-12-27(13-10-26,14-11-26)29-25(34)35-16-21-19-7-3-1-5-17(19)18-6-2-4-8-20(18)21/h1-8,21-22,30H,9-16H2,(H,28,33)(H,29,34)(H,31,32)/t22-,26?,27?/m0/s1. The van der Waals surface area contributed by atoms with Gasteiger partial charge in [-0.1, -0.05) is 48.5 Å². The third-order valence-corrected chi connectivity index (χ3v) is 8.22. The minimum absolute atomic E-state index is 0.00610. The third-order valence-electron chi connectivity index (χ3n) is 8.22. The molecule has 0 spiro atoms. The normalized spacial score (nSPS) is 25.3. The topological polar surface area (TPSA) is 125 Å². The number of rotatable bonds is 7. The number of carbonyl (C=O) groups excluding carboxylic acids is 2. The van der Waals surface area contributed by atoms with Crippen LogP contribution in [0.25, 0.3) is 11.1 Å². The molecule has 0 unspecified atom stereocenters. The molecule has 2 bridgehead atoms. The van der Waals surface area contributed by atoms with E-state index >= 15 is 0 Å². The molecular weight excluding hydrogens is 448 g/mol. The Balaban J connectivity index is 1.19. The van der Waals surface area contributed by atoms with Crippen molar-refractivity contribution in [3.63, 3.8) is 0 Å². The van der Waals surface area contributed by atoms with Crippen molar-refractivity contribution >= 4 is 18.0 Å². The molecule has 0 saturated heterocycles. The van der Waals surface area contributed by atoms with Gasteiger partial charge >= 0.3 is 12.1 Å². The van der Waals surface area contributed by atoms with Crippen molar-refractivity contribution in [2.45, 2.75) is 56.0 Å². The number of hydrogen-bond acceptors (Lipinski definition) is 5. The zero-order chi connectivity index (χ0) is 24.6. The van der Waals surface area contributed by atoms with E-state index in [2.05, 4.69) is 34.9 Å². The zero-order valence-corrected chi connectivity index (χ0v) is 19.5. The summed E-state index contributed by atoms with van der Waals surface area (Å²) in [4.78, 5) is 36.9. The summed E-state index contributed by atoms with van der Waals surface area (Å²) in [5.74, 6) is -1.59. The molecule has 4 N–H and O–H groups in total. The minimum Gasteiger partial charge on any atom is -0.480 e. The van der Waals surface area contributed by atoms with Crippen molar-refractivity contribution < 1.29 is 29.3 Å². The van der Waals surface area contributed by atoms with Crippen molar-refractivity contribution in [3.8, 4) is 11.1 Å². The first-order valence-electron chi connectivity index (χ1n) is 12.1. The van der Waals surface area contributed by atoms with Gasteiger partial charge in [0.15, 0.2) is 0 Å². The largest absolute Gasteiger partial charge is 0.480 e. The Hall–Kier alpha value is -3.39. The minimum atomic E-state index is -1.30. The lowest BCUT2D eigenvalue weighted by Gasteiger charge is -2.52. The van der Waals surface area contributed by atoms with E-state index in [1.165, 1.54) is 11.1 Å². The highest BCUT2D eigenvalue weighted by molar-refractivity contribution is 5.88. The van der Waals surface area contributed by atoms with E-state index in [1.54, 1.807) is 0 Å². The lowest BCUT2D eigenvalue weighted by molar-refractivity contribution is -0.147. The highest BCUT2D eigenvalue weighted by Crippen LogP contribution is 2.52. The fourth-order valence-corrected chi connectivity index (χ4v) is 6.06. The molecule has 8 heteroatoms. The number of nitrogens with one attached hydrogen (secondary N) is 2. The summed E-state index contributed by atoms with van der Waals surface area (Å²) in [5.41, 5.74) is 3.62. The van der Waals surface area contributed by atoms with E-state index in [9.17, 15) is 19.5 Å². The van der Waals surface area contributed by atoms with Crippen LogP contribution in [0.3, 0.4) is 0 Å². The van der Waals surface area contributed by atoms with Crippen molar-refractivity contribution in [2.75, 3.05) is 13.2 Å². The van der Waals surface area contributed by atoms with Gasteiger partial charge < -0.3 is 25.6 Å². The SMILES string of the molecule is O=C(NC12CCC(C(=O)N[C@@H](CO)C(=O)O)(CC1)CC2)OCC1c2ccccc2-c2ccccc21. The first-order chi connectivity index (χ1) is 16.9. The second-order valence-electron chi connectivity index (χ2n) is 10.1. The smallest absolute Gasteiger partial charge is 0.407 e. The van der Waals surface area contributed by atoms with Gasteiger partial charge in [0.05, 0.1) is 6.61 Å². The Labute approximate surface area is 203 Å². The molecule has 0 radical (unpaired) electrons. The number of aliphatic carboxylic acids is 1. The number of alkyl carbamates (subject to hydrolysis) is 1. The quantitative estimate of drug-likeness (QED) is 0.484. The second kappa shape index (κ2) is 9.00. The van der Waals surface area contributed by atoms with Gasteiger partial charge in [-0.3, -0.25) is 4.79 Å². The van der Waals surface area contributed by atoms with Crippen molar-refractivity contribution in [1.29, 1.82) is 0 Å². The monoisotopic (exact) mass is 478 g/mol. The van der Waals surface area contributed by atoms with E-state index in [0.29, 0.717) is 38.5 Å². The summed E-state index contributed by atoms with van der Waals surface area (Å²) in [6.07, 6.45) is 3.10. The number of benzene rings is 2. The highest BCUT2D eigenvalue weighted by atomic mass is 16.5. The van der Waals surface area contributed by atoms with E-state index in [1.807, 2.05) is 24.3 Å². The van der Waals surface area contributed by atoms with Gasteiger partial charge in [0.1, 0.15) is 12.6 Å². The molecule has 0 aliphatic heterocycles. The lowest BCUT2D eigenvalue weighted by Crippen LogP contribution is -2.61. The van der Waals surface area contributed by atoms with Crippen LogP contribution in [-0.2, 0) is 14.3 Å². The molecule has 8 nitrogen and oxygen atoms in total. The molecule has 2 amide bonds.